The Hall–Kier alpha value is -1.75. The summed E-state index contributed by atoms with van der Waals surface area (Å²) >= 11 is 0. The summed E-state index contributed by atoms with van der Waals surface area (Å²) < 4.78 is 0. The molecule has 3 rings (SSSR count). The van der Waals surface area contributed by atoms with Crippen molar-refractivity contribution in [1.29, 1.82) is 0 Å². The lowest BCUT2D eigenvalue weighted by Crippen LogP contribution is -2.47. The van der Waals surface area contributed by atoms with Gasteiger partial charge in [0.1, 0.15) is 0 Å². The van der Waals surface area contributed by atoms with Crippen LogP contribution in [0.25, 0.3) is 0 Å². The molecule has 100 valence electrons. The van der Waals surface area contributed by atoms with Crippen molar-refractivity contribution >= 4 is 11.8 Å². The zero-order valence-electron chi connectivity index (χ0n) is 10.9. The number of carbonyl (C=O) groups is 2. The van der Waals surface area contributed by atoms with E-state index < -0.39 is 0 Å². The zero-order chi connectivity index (χ0) is 13.4. The minimum atomic E-state index is -0.203. The summed E-state index contributed by atoms with van der Waals surface area (Å²) in [5, 5.41) is 3.33. The molecule has 1 N–H and O–H groups in total. The molecule has 0 aliphatic carbocycles. The molecule has 2 amide bonds. The predicted molar refractivity (Wildman–Crippen MR) is 69.8 cm³/mol. The van der Waals surface area contributed by atoms with Gasteiger partial charge in [-0.25, -0.2) is 0 Å². The summed E-state index contributed by atoms with van der Waals surface area (Å²) in [5.41, 5.74) is 0.915. The van der Waals surface area contributed by atoms with E-state index in [-0.39, 0.29) is 17.9 Å². The molecule has 1 aromatic heterocycles. The molecule has 5 heteroatoms. The monoisotopic (exact) mass is 259 g/mol. The van der Waals surface area contributed by atoms with Crippen LogP contribution in [0.2, 0.25) is 0 Å². The minimum Gasteiger partial charge on any atom is -0.316 e. The van der Waals surface area contributed by atoms with Gasteiger partial charge in [-0.1, -0.05) is 0 Å². The van der Waals surface area contributed by atoms with Gasteiger partial charge in [0.25, 0.3) is 11.8 Å². The molecule has 2 aliphatic heterocycles. The minimum absolute atomic E-state index is 0.0693. The van der Waals surface area contributed by atoms with Crippen LogP contribution in [0.1, 0.15) is 40.5 Å². The molecular weight excluding hydrogens is 242 g/mol. The van der Waals surface area contributed by atoms with E-state index in [4.69, 9.17) is 0 Å². The first kappa shape index (κ1) is 12.3. The number of hydrogen-bond acceptors (Lipinski definition) is 4. The third kappa shape index (κ3) is 1.94. The summed E-state index contributed by atoms with van der Waals surface area (Å²) in [6.07, 6.45) is 5.20. The van der Waals surface area contributed by atoms with Crippen LogP contribution >= 0.6 is 0 Å². The average molecular weight is 259 g/mol. The van der Waals surface area contributed by atoms with Gasteiger partial charge in [0.05, 0.1) is 11.1 Å². The van der Waals surface area contributed by atoms with Crippen LogP contribution in [-0.2, 0) is 0 Å². The van der Waals surface area contributed by atoms with Crippen molar-refractivity contribution in [3.8, 4) is 0 Å². The molecule has 0 saturated carbocycles. The lowest BCUT2D eigenvalue weighted by molar-refractivity contribution is 0.0529. The van der Waals surface area contributed by atoms with Crippen LogP contribution in [0.3, 0.4) is 0 Å². The standard InChI is InChI=1S/C14H17N3O2/c1-9(10-3-2-5-15-7-10)17-13(18)11-4-6-16-8-12(11)14(17)19/h4,6,8-10,15H,2-3,5,7H2,1H3. The lowest BCUT2D eigenvalue weighted by atomic mass is 9.92. The Bertz CT molecular complexity index is 488. The molecule has 2 unspecified atom stereocenters. The maximum absolute atomic E-state index is 12.3. The molecule has 2 aliphatic rings. The smallest absolute Gasteiger partial charge is 0.263 e. The quantitative estimate of drug-likeness (QED) is 0.807. The first-order valence-electron chi connectivity index (χ1n) is 6.73. The van der Waals surface area contributed by atoms with Gasteiger partial charge < -0.3 is 5.32 Å². The highest BCUT2D eigenvalue weighted by atomic mass is 16.2. The number of pyridine rings is 1. The van der Waals surface area contributed by atoms with E-state index >= 15 is 0 Å². The van der Waals surface area contributed by atoms with Gasteiger partial charge in [0, 0.05) is 18.4 Å². The molecule has 1 aromatic rings. The molecule has 2 atom stereocenters. The largest absolute Gasteiger partial charge is 0.316 e. The number of aromatic nitrogens is 1. The Morgan fingerprint density at radius 1 is 1.37 bits per heavy atom. The number of hydrogen-bond donors (Lipinski definition) is 1. The Labute approximate surface area is 112 Å². The maximum atomic E-state index is 12.3. The first-order chi connectivity index (χ1) is 9.20. The van der Waals surface area contributed by atoms with Crippen LogP contribution in [0.5, 0.6) is 0 Å². The number of fused-ring (bicyclic) bond motifs is 1. The van der Waals surface area contributed by atoms with Crippen molar-refractivity contribution in [2.24, 2.45) is 5.92 Å². The molecule has 1 fully saturated rings. The normalized spacial score (nSPS) is 24.5. The zero-order valence-corrected chi connectivity index (χ0v) is 10.9. The van der Waals surface area contributed by atoms with Crippen LogP contribution in [-0.4, -0.2) is 40.8 Å². The van der Waals surface area contributed by atoms with Crippen molar-refractivity contribution in [2.45, 2.75) is 25.8 Å². The fraction of sp³-hybridized carbons (Fsp3) is 0.500. The van der Waals surface area contributed by atoms with Crippen LogP contribution in [0.15, 0.2) is 18.5 Å². The van der Waals surface area contributed by atoms with E-state index in [0.717, 1.165) is 25.9 Å². The topological polar surface area (TPSA) is 62.3 Å². The lowest BCUT2D eigenvalue weighted by Gasteiger charge is -2.33. The second kappa shape index (κ2) is 4.74. The molecule has 3 heterocycles. The number of nitrogens with one attached hydrogen (secondary N) is 1. The van der Waals surface area contributed by atoms with Crippen molar-refractivity contribution in [2.75, 3.05) is 13.1 Å². The van der Waals surface area contributed by atoms with E-state index in [9.17, 15) is 9.59 Å². The molecule has 1 saturated heterocycles. The van der Waals surface area contributed by atoms with Gasteiger partial charge in [-0.2, -0.15) is 0 Å². The first-order valence-corrected chi connectivity index (χ1v) is 6.73. The van der Waals surface area contributed by atoms with Gasteiger partial charge in [0.2, 0.25) is 0 Å². The van der Waals surface area contributed by atoms with Crippen LogP contribution in [0, 0.1) is 5.92 Å². The summed E-state index contributed by atoms with van der Waals surface area (Å²) in [6.45, 7) is 3.86. The molecular formula is C14H17N3O2. The summed E-state index contributed by atoms with van der Waals surface area (Å²) in [7, 11) is 0. The number of rotatable bonds is 2. The molecule has 5 nitrogen and oxygen atoms in total. The molecule has 0 aromatic carbocycles. The number of carbonyl (C=O) groups excluding carboxylic acids is 2. The molecule has 19 heavy (non-hydrogen) atoms. The number of imide groups is 1. The van der Waals surface area contributed by atoms with Gasteiger partial charge in [-0.3, -0.25) is 19.5 Å². The second-order valence-electron chi connectivity index (χ2n) is 5.25. The van der Waals surface area contributed by atoms with Crippen molar-refractivity contribution in [3.05, 3.63) is 29.6 Å². The summed E-state index contributed by atoms with van der Waals surface area (Å²) in [4.78, 5) is 30.0. The van der Waals surface area contributed by atoms with E-state index in [1.165, 1.54) is 11.1 Å². The number of piperidine rings is 1. The SMILES string of the molecule is CC(C1CCCNC1)N1C(=O)c2ccncc2C1=O. The highest BCUT2D eigenvalue weighted by molar-refractivity contribution is 6.21. The fourth-order valence-corrected chi connectivity index (χ4v) is 2.97. The Morgan fingerprint density at radius 2 is 2.16 bits per heavy atom. The second-order valence-corrected chi connectivity index (χ2v) is 5.25. The van der Waals surface area contributed by atoms with Crippen LogP contribution < -0.4 is 5.32 Å². The van der Waals surface area contributed by atoms with Crippen LogP contribution in [0.4, 0.5) is 0 Å². The van der Waals surface area contributed by atoms with Gasteiger partial charge >= 0.3 is 0 Å². The van der Waals surface area contributed by atoms with E-state index in [1.54, 1.807) is 12.3 Å². The van der Waals surface area contributed by atoms with Crippen molar-refractivity contribution < 1.29 is 9.59 Å². The Balaban J connectivity index is 1.87. The summed E-state index contributed by atoms with van der Waals surface area (Å²) in [6, 6.07) is 1.56. The molecule has 0 spiro atoms. The van der Waals surface area contributed by atoms with E-state index in [0.29, 0.717) is 17.0 Å². The maximum Gasteiger partial charge on any atom is 0.263 e. The number of nitrogens with zero attached hydrogens (tertiary/aromatic N) is 2. The van der Waals surface area contributed by atoms with Gasteiger partial charge in [0.15, 0.2) is 0 Å². The van der Waals surface area contributed by atoms with E-state index in [1.807, 2.05) is 6.92 Å². The molecule has 0 radical (unpaired) electrons. The highest BCUT2D eigenvalue weighted by Gasteiger charge is 2.41. The van der Waals surface area contributed by atoms with Crippen molar-refractivity contribution in [3.63, 3.8) is 0 Å². The predicted octanol–water partition coefficient (Wildman–Crippen LogP) is 1.07. The third-order valence-corrected chi connectivity index (χ3v) is 4.14. The Kier molecular flexibility index (Phi) is 3.06. The van der Waals surface area contributed by atoms with Gasteiger partial charge in [-0.05, 0) is 44.8 Å². The average Bonchev–Trinajstić information content (AvgIpc) is 2.72. The fourth-order valence-electron chi connectivity index (χ4n) is 2.97. The van der Waals surface area contributed by atoms with Crippen molar-refractivity contribution in [1.82, 2.24) is 15.2 Å². The third-order valence-electron chi connectivity index (χ3n) is 4.14. The van der Waals surface area contributed by atoms with E-state index in [2.05, 4.69) is 10.3 Å². The van der Waals surface area contributed by atoms with Gasteiger partial charge in [-0.15, -0.1) is 0 Å². The Morgan fingerprint density at radius 3 is 2.84 bits per heavy atom. The number of amides is 2. The summed E-state index contributed by atoms with van der Waals surface area (Å²) in [5.74, 6) is -0.0458. The highest BCUT2D eigenvalue weighted by Crippen LogP contribution is 2.28. The molecule has 0 bridgehead atoms.